The van der Waals surface area contributed by atoms with Gasteiger partial charge in [-0.2, -0.15) is 0 Å². The molecule has 1 atom stereocenters. The van der Waals surface area contributed by atoms with Crippen LogP contribution < -0.4 is 11.1 Å². The van der Waals surface area contributed by atoms with Crippen LogP contribution >= 0.6 is 11.3 Å². The van der Waals surface area contributed by atoms with E-state index in [-0.39, 0.29) is 29.4 Å². The van der Waals surface area contributed by atoms with Gasteiger partial charge in [-0.3, -0.25) is 9.59 Å². The van der Waals surface area contributed by atoms with Gasteiger partial charge < -0.3 is 11.1 Å². The van der Waals surface area contributed by atoms with E-state index in [0.717, 1.165) is 29.7 Å². The molecule has 6 nitrogen and oxygen atoms in total. The molecular weight excluding hydrogens is 396 g/mol. The van der Waals surface area contributed by atoms with Crippen molar-refractivity contribution >= 4 is 38.0 Å². The first-order chi connectivity index (χ1) is 13.3. The van der Waals surface area contributed by atoms with Crippen molar-refractivity contribution in [1.82, 2.24) is 0 Å². The largest absolute Gasteiger partial charge is 0.365 e. The normalized spacial score (nSPS) is 16.4. The monoisotopic (exact) mass is 420 g/mol. The molecule has 1 aromatic carbocycles. The van der Waals surface area contributed by atoms with Crippen molar-refractivity contribution in [3.63, 3.8) is 0 Å². The van der Waals surface area contributed by atoms with E-state index in [0.29, 0.717) is 16.5 Å². The van der Waals surface area contributed by atoms with Crippen molar-refractivity contribution in [3.8, 4) is 0 Å². The molecule has 1 aliphatic carbocycles. The molecule has 0 saturated carbocycles. The summed E-state index contributed by atoms with van der Waals surface area (Å²) in [5.74, 6) is -0.406. The zero-order valence-corrected chi connectivity index (χ0v) is 17.4. The van der Waals surface area contributed by atoms with Crippen LogP contribution in [0.5, 0.6) is 0 Å². The number of thiophene rings is 1. The molecule has 3 rings (SSSR count). The van der Waals surface area contributed by atoms with Crippen molar-refractivity contribution < 1.29 is 18.0 Å². The van der Waals surface area contributed by atoms with E-state index in [1.54, 1.807) is 30.3 Å². The Morgan fingerprint density at radius 1 is 1.25 bits per heavy atom. The van der Waals surface area contributed by atoms with Gasteiger partial charge >= 0.3 is 0 Å². The predicted octanol–water partition coefficient (Wildman–Crippen LogP) is 3.16. The van der Waals surface area contributed by atoms with Crippen LogP contribution in [0.1, 0.15) is 47.0 Å². The number of rotatable bonds is 7. The smallest absolute Gasteiger partial charge is 0.251 e. The second-order valence-corrected chi connectivity index (χ2v) is 10.4. The topological polar surface area (TPSA) is 106 Å². The summed E-state index contributed by atoms with van der Waals surface area (Å²) in [5, 5.41) is 3.26. The SMILES string of the molecule is C[C@@H]1CCc2c(sc(NC(=O)CCCS(=O)(=O)c3ccccc3)c2C(N)=O)C1. The summed E-state index contributed by atoms with van der Waals surface area (Å²) >= 11 is 1.41. The highest BCUT2D eigenvalue weighted by Gasteiger charge is 2.27. The lowest BCUT2D eigenvalue weighted by molar-refractivity contribution is -0.116. The van der Waals surface area contributed by atoms with E-state index in [9.17, 15) is 18.0 Å². The first-order valence-electron chi connectivity index (χ1n) is 9.30. The van der Waals surface area contributed by atoms with Gasteiger partial charge in [0.1, 0.15) is 5.00 Å². The summed E-state index contributed by atoms with van der Waals surface area (Å²) in [6.45, 7) is 2.16. The lowest BCUT2D eigenvalue weighted by atomic mass is 9.88. The van der Waals surface area contributed by atoms with E-state index in [4.69, 9.17) is 5.73 Å². The summed E-state index contributed by atoms with van der Waals surface area (Å²) in [7, 11) is -3.41. The Hall–Kier alpha value is -2.19. The predicted molar refractivity (Wildman–Crippen MR) is 110 cm³/mol. The highest BCUT2D eigenvalue weighted by atomic mass is 32.2. The zero-order valence-electron chi connectivity index (χ0n) is 15.7. The standard InChI is InChI=1S/C20H24N2O4S2/c1-13-9-10-15-16(12-13)27-20(18(15)19(21)24)22-17(23)8-5-11-28(25,26)14-6-3-2-4-7-14/h2-4,6-7,13H,5,8-12H2,1H3,(H2,21,24)(H,22,23)/t13-/m1/s1. The maximum absolute atomic E-state index is 12.3. The lowest BCUT2D eigenvalue weighted by Gasteiger charge is -2.18. The number of hydrogen-bond acceptors (Lipinski definition) is 5. The number of carbonyl (C=O) groups excluding carboxylic acids is 2. The van der Waals surface area contributed by atoms with Gasteiger partial charge in [-0.05, 0) is 49.3 Å². The molecule has 150 valence electrons. The molecule has 0 unspecified atom stereocenters. The summed E-state index contributed by atoms with van der Waals surface area (Å²) in [4.78, 5) is 25.6. The van der Waals surface area contributed by atoms with E-state index in [1.807, 2.05) is 0 Å². The molecule has 3 N–H and O–H groups in total. The summed E-state index contributed by atoms with van der Waals surface area (Å²) < 4.78 is 24.6. The molecule has 0 saturated heterocycles. The molecule has 2 aromatic rings. The van der Waals surface area contributed by atoms with Crippen LogP contribution in [0.25, 0.3) is 0 Å². The maximum Gasteiger partial charge on any atom is 0.251 e. The van der Waals surface area contributed by atoms with E-state index in [2.05, 4.69) is 12.2 Å². The van der Waals surface area contributed by atoms with Gasteiger partial charge in [0.25, 0.3) is 5.91 Å². The Balaban J connectivity index is 1.63. The first kappa shape index (κ1) is 20.5. The number of nitrogens with two attached hydrogens (primary N) is 1. The van der Waals surface area contributed by atoms with Crippen LogP contribution in [0.3, 0.4) is 0 Å². The summed E-state index contributed by atoms with van der Waals surface area (Å²) in [6, 6.07) is 8.19. The van der Waals surface area contributed by atoms with Gasteiger partial charge in [-0.15, -0.1) is 11.3 Å². The van der Waals surface area contributed by atoms with Gasteiger partial charge in [-0.1, -0.05) is 25.1 Å². The highest BCUT2D eigenvalue weighted by molar-refractivity contribution is 7.91. The van der Waals surface area contributed by atoms with E-state index in [1.165, 1.54) is 11.3 Å². The van der Waals surface area contributed by atoms with E-state index >= 15 is 0 Å². The Bertz CT molecular complexity index is 981. The molecule has 1 heterocycles. The minimum atomic E-state index is -3.41. The van der Waals surface area contributed by atoms with Gasteiger partial charge in [0.15, 0.2) is 9.84 Å². The first-order valence-corrected chi connectivity index (χ1v) is 11.8. The second kappa shape index (κ2) is 8.45. The molecule has 1 aromatic heterocycles. The molecule has 0 spiro atoms. The number of amides is 2. The molecule has 0 aliphatic heterocycles. The van der Waals surface area contributed by atoms with Gasteiger partial charge in [0.2, 0.25) is 5.91 Å². The number of fused-ring (bicyclic) bond motifs is 1. The average Bonchev–Trinajstić information content (AvgIpc) is 2.99. The van der Waals surface area contributed by atoms with Gasteiger partial charge in [-0.25, -0.2) is 8.42 Å². The third-order valence-electron chi connectivity index (χ3n) is 4.93. The second-order valence-electron chi connectivity index (χ2n) is 7.20. The number of primary amides is 1. The molecule has 0 fully saturated rings. The van der Waals surface area contributed by atoms with Crippen LogP contribution in [0.2, 0.25) is 0 Å². The molecule has 28 heavy (non-hydrogen) atoms. The van der Waals surface area contributed by atoms with Gasteiger partial charge in [0.05, 0.1) is 16.2 Å². The van der Waals surface area contributed by atoms with Crippen LogP contribution in [0, 0.1) is 5.92 Å². The van der Waals surface area contributed by atoms with Crippen molar-refractivity contribution in [2.45, 2.75) is 43.9 Å². The minimum absolute atomic E-state index is 0.0588. The fraction of sp³-hybridized carbons (Fsp3) is 0.400. The summed E-state index contributed by atoms with van der Waals surface area (Å²) in [6.07, 6.45) is 2.93. The number of benzene rings is 1. The van der Waals surface area contributed by atoms with Crippen LogP contribution in [0.4, 0.5) is 5.00 Å². The van der Waals surface area contributed by atoms with Crippen LogP contribution in [-0.4, -0.2) is 26.0 Å². The summed E-state index contributed by atoms with van der Waals surface area (Å²) in [5.41, 5.74) is 6.92. The number of sulfone groups is 1. The Morgan fingerprint density at radius 2 is 1.96 bits per heavy atom. The molecule has 2 amide bonds. The molecule has 1 aliphatic rings. The Kier molecular flexibility index (Phi) is 6.20. The number of hydrogen-bond donors (Lipinski definition) is 2. The minimum Gasteiger partial charge on any atom is -0.365 e. The van der Waals surface area contributed by atoms with Crippen molar-refractivity contribution in [2.75, 3.05) is 11.1 Å². The maximum atomic E-state index is 12.3. The van der Waals surface area contributed by atoms with Crippen LogP contribution in [0.15, 0.2) is 35.2 Å². The average molecular weight is 421 g/mol. The van der Waals surface area contributed by atoms with Crippen molar-refractivity contribution in [3.05, 3.63) is 46.3 Å². The Labute approximate surface area is 169 Å². The molecular formula is C20H24N2O4S2. The molecule has 0 bridgehead atoms. The van der Waals surface area contributed by atoms with Gasteiger partial charge in [0, 0.05) is 11.3 Å². The highest BCUT2D eigenvalue weighted by Crippen LogP contribution is 2.39. The quantitative estimate of drug-likeness (QED) is 0.717. The fourth-order valence-electron chi connectivity index (χ4n) is 3.46. The Morgan fingerprint density at radius 3 is 2.64 bits per heavy atom. The van der Waals surface area contributed by atoms with E-state index < -0.39 is 15.7 Å². The number of carbonyl (C=O) groups is 2. The zero-order chi connectivity index (χ0) is 20.3. The van der Waals surface area contributed by atoms with Crippen molar-refractivity contribution in [1.29, 1.82) is 0 Å². The third kappa shape index (κ3) is 4.62. The molecule has 0 radical (unpaired) electrons. The lowest BCUT2D eigenvalue weighted by Crippen LogP contribution is -2.19. The van der Waals surface area contributed by atoms with Crippen molar-refractivity contribution in [2.24, 2.45) is 11.7 Å². The fourth-order valence-corrected chi connectivity index (χ4v) is 6.22. The third-order valence-corrected chi connectivity index (χ3v) is 7.92. The number of nitrogens with one attached hydrogen (secondary N) is 1. The number of anilines is 1. The molecule has 8 heteroatoms. The van der Waals surface area contributed by atoms with Crippen LogP contribution in [-0.2, 0) is 27.5 Å².